The van der Waals surface area contributed by atoms with Crippen LogP contribution in [0.25, 0.3) is 5.69 Å². The zero-order valence-corrected chi connectivity index (χ0v) is 17.2. The number of nitrogens with one attached hydrogen (secondary N) is 2. The van der Waals surface area contributed by atoms with E-state index < -0.39 is 6.03 Å². The lowest BCUT2D eigenvalue weighted by Crippen LogP contribution is -2.23. The molecule has 0 aliphatic heterocycles. The van der Waals surface area contributed by atoms with E-state index in [1.165, 1.54) is 0 Å². The molecular formula is C21H21BrN4O2. The van der Waals surface area contributed by atoms with Crippen molar-refractivity contribution >= 4 is 33.6 Å². The largest absolute Gasteiger partial charge is 0.351 e. The number of aryl methyl sites for hydroxylation is 1. The van der Waals surface area contributed by atoms with Gasteiger partial charge in [0, 0.05) is 33.8 Å². The summed E-state index contributed by atoms with van der Waals surface area (Å²) in [5, 5.41) is 5.45. The van der Waals surface area contributed by atoms with E-state index in [2.05, 4.69) is 31.1 Å². The minimum Gasteiger partial charge on any atom is -0.351 e. The van der Waals surface area contributed by atoms with E-state index in [0.717, 1.165) is 27.1 Å². The van der Waals surface area contributed by atoms with Crippen LogP contribution in [0, 0.1) is 13.8 Å². The molecular weight excluding hydrogens is 420 g/mol. The van der Waals surface area contributed by atoms with Gasteiger partial charge in [-0.15, -0.1) is 0 Å². The summed E-state index contributed by atoms with van der Waals surface area (Å²) in [7, 11) is 0. The molecule has 0 aliphatic rings. The van der Waals surface area contributed by atoms with Crippen molar-refractivity contribution in [2.75, 3.05) is 5.32 Å². The molecule has 0 atom stereocenters. The second kappa shape index (κ2) is 8.31. The number of primary amides is 1. The third-order valence-corrected chi connectivity index (χ3v) is 4.91. The topological polar surface area (TPSA) is 89.2 Å². The fraction of sp³-hybridized carbons (Fsp3) is 0.143. The van der Waals surface area contributed by atoms with Gasteiger partial charge < -0.3 is 20.9 Å². The summed E-state index contributed by atoms with van der Waals surface area (Å²) in [6, 6.07) is 16.4. The average Bonchev–Trinajstić information content (AvgIpc) is 2.95. The fourth-order valence-electron chi connectivity index (χ4n) is 3.13. The number of urea groups is 1. The van der Waals surface area contributed by atoms with E-state index in [0.29, 0.717) is 17.8 Å². The van der Waals surface area contributed by atoms with Crippen molar-refractivity contribution in [3.8, 4) is 5.69 Å². The van der Waals surface area contributed by atoms with Gasteiger partial charge >= 0.3 is 6.03 Å². The van der Waals surface area contributed by atoms with Crippen LogP contribution in [0.2, 0.25) is 0 Å². The van der Waals surface area contributed by atoms with Crippen molar-refractivity contribution in [2.45, 2.75) is 20.4 Å². The summed E-state index contributed by atoms with van der Waals surface area (Å²) in [6.45, 7) is 4.30. The van der Waals surface area contributed by atoms with Gasteiger partial charge in [0.25, 0.3) is 5.91 Å². The molecule has 1 heterocycles. The third-order valence-electron chi connectivity index (χ3n) is 4.42. The number of hydrogen-bond acceptors (Lipinski definition) is 2. The molecule has 0 radical (unpaired) electrons. The molecule has 3 amide bonds. The molecule has 0 saturated heterocycles. The summed E-state index contributed by atoms with van der Waals surface area (Å²) in [5.41, 5.74) is 10.1. The lowest BCUT2D eigenvalue weighted by atomic mass is 10.2. The molecule has 0 aliphatic carbocycles. The van der Waals surface area contributed by atoms with E-state index in [1.54, 1.807) is 12.1 Å². The molecule has 7 heteroatoms. The Hall–Kier alpha value is -3.06. The molecule has 28 heavy (non-hydrogen) atoms. The Balaban J connectivity index is 1.73. The number of halogens is 1. The molecule has 0 bridgehead atoms. The van der Waals surface area contributed by atoms with Crippen LogP contribution in [0.5, 0.6) is 0 Å². The van der Waals surface area contributed by atoms with E-state index in [1.807, 2.05) is 56.3 Å². The van der Waals surface area contributed by atoms with Crippen LogP contribution < -0.4 is 16.4 Å². The molecule has 0 unspecified atom stereocenters. The Morgan fingerprint density at radius 2 is 1.79 bits per heavy atom. The summed E-state index contributed by atoms with van der Waals surface area (Å²) in [6.07, 6.45) is 0. The van der Waals surface area contributed by atoms with Gasteiger partial charge in [-0.3, -0.25) is 4.79 Å². The summed E-state index contributed by atoms with van der Waals surface area (Å²) in [5.74, 6) is -0.131. The van der Waals surface area contributed by atoms with E-state index in [-0.39, 0.29) is 5.91 Å². The molecule has 4 N–H and O–H groups in total. The summed E-state index contributed by atoms with van der Waals surface area (Å²) < 4.78 is 3.04. The molecule has 3 rings (SSSR count). The zero-order chi connectivity index (χ0) is 20.3. The molecule has 6 nitrogen and oxygen atoms in total. The Morgan fingerprint density at radius 3 is 2.43 bits per heavy atom. The van der Waals surface area contributed by atoms with Crippen LogP contribution in [0.4, 0.5) is 10.5 Å². The van der Waals surface area contributed by atoms with E-state index in [9.17, 15) is 9.59 Å². The first kappa shape index (κ1) is 19.7. The average molecular weight is 441 g/mol. The first-order valence-electron chi connectivity index (χ1n) is 8.73. The number of anilines is 1. The fourth-order valence-corrected chi connectivity index (χ4v) is 3.52. The van der Waals surface area contributed by atoms with E-state index >= 15 is 0 Å². The van der Waals surface area contributed by atoms with Crippen molar-refractivity contribution in [1.82, 2.24) is 9.88 Å². The van der Waals surface area contributed by atoms with Gasteiger partial charge in [0.2, 0.25) is 0 Å². The van der Waals surface area contributed by atoms with Gasteiger partial charge in [-0.2, -0.15) is 0 Å². The smallest absolute Gasteiger partial charge is 0.316 e. The van der Waals surface area contributed by atoms with Crippen LogP contribution in [0.1, 0.15) is 27.3 Å². The number of nitrogens with zero attached hydrogens (tertiary/aromatic N) is 1. The maximum absolute atomic E-state index is 12.7. The zero-order valence-electron chi connectivity index (χ0n) is 15.6. The highest BCUT2D eigenvalue weighted by Gasteiger charge is 2.16. The Bertz CT molecular complexity index is 1030. The number of aromatic nitrogens is 1. The number of benzene rings is 2. The second-order valence-electron chi connectivity index (χ2n) is 6.47. The second-order valence-corrected chi connectivity index (χ2v) is 7.38. The standard InChI is InChI=1S/C21H21BrN4O2/c1-13-10-19(14(2)26(13)18-5-3-4-16(22)11-18)20(27)24-12-15-6-8-17(9-7-15)25-21(23)28/h3-11H,12H2,1-2H3,(H,24,27)(H3,23,25,28). The van der Waals surface area contributed by atoms with Crippen molar-refractivity contribution in [3.05, 3.63) is 81.6 Å². The molecule has 0 fully saturated rings. The highest BCUT2D eigenvalue weighted by Crippen LogP contribution is 2.23. The number of rotatable bonds is 5. The van der Waals surface area contributed by atoms with Gasteiger partial charge in [-0.05, 0) is 55.8 Å². The molecule has 1 aromatic heterocycles. The lowest BCUT2D eigenvalue weighted by Gasteiger charge is -2.11. The highest BCUT2D eigenvalue weighted by molar-refractivity contribution is 9.10. The first-order chi connectivity index (χ1) is 13.3. The number of amides is 3. The summed E-state index contributed by atoms with van der Waals surface area (Å²) in [4.78, 5) is 23.6. The minimum atomic E-state index is -0.609. The maximum Gasteiger partial charge on any atom is 0.316 e. The SMILES string of the molecule is Cc1cc(C(=O)NCc2ccc(NC(N)=O)cc2)c(C)n1-c1cccc(Br)c1. The first-order valence-corrected chi connectivity index (χ1v) is 9.53. The van der Waals surface area contributed by atoms with Gasteiger partial charge in [0.05, 0.1) is 5.56 Å². The van der Waals surface area contributed by atoms with Crippen LogP contribution in [-0.4, -0.2) is 16.5 Å². The molecule has 3 aromatic rings. The molecule has 144 valence electrons. The predicted octanol–water partition coefficient (Wildman–Crippen LogP) is 4.28. The van der Waals surface area contributed by atoms with Crippen LogP contribution >= 0.6 is 15.9 Å². The van der Waals surface area contributed by atoms with Gasteiger partial charge in [0.15, 0.2) is 0 Å². The number of nitrogens with two attached hydrogens (primary N) is 1. The van der Waals surface area contributed by atoms with Crippen molar-refractivity contribution < 1.29 is 9.59 Å². The van der Waals surface area contributed by atoms with Crippen LogP contribution in [0.15, 0.2) is 59.1 Å². The van der Waals surface area contributed by atoms with Crippen molar-refractivity contribution in [1.29, 1.82) is 0 Å². The minimum absolute atomic E-state index is 0.131. The van der Waals surface area contributed by atoms with Gasteiger partial charge in [-0.1, -0.05) is 34.1 Å². The van der Waals surface area contributed by atoms with Gasteiger partial charge in [0.1, 0.15) is 0 Å². The quantitative estimate of drug-likeness (QED) is 0.552. The normalized spacial score (nSPS) is 10.5. The predicted molar refractivity (Wildman–Crippen MR) is 114 cm³/mol. The molecule has 0 saturated carbocycles. The number of carbonyl (C=O) groups is 2. The van der Waals surface area contributed by atoms with Crippen molar-refractivity contribution in [2.24, 2.45) is 5.73 Å². The Labute approximate surface area is 171 Å². The van der Waals surface area contributed by atoms with Gasteiger partial charge in [-0.25, -0.2) is 4.79 Å². The highest BCUT2D eigenvalue weighted by atomic mass is 79.9. The maximum atomic E-state index is 12.7. The van der Waals surface area contributed by atoms with Crippen LogP contribution in [0.3, 0.4) is 0 Å². The van der Waals surface area contributed by atoms with E-state index in [4.69, 9.17) is 5.73 Å². The van der Waals surface area contributed by atoms with Crippen molar-refractivity contribution in [3.63, 3.8) is 0 Å². The molecule has 0 spiro atoms. The van der Waals surface area contributed by atoms with Crippen LogP contribution in [-0.2, 0) is 6.54 Å². The third kappa shape index (κ3) is 4.43. The monoisotopic (exact) mass is 440 g/mol. The summed E-state index contributed by atoms with van der Waals surface area (Å²) >= 11 is 3.49. The number of carbonyl (C=O) groups excluding carboxylic acids is 2. The number of hydrogen-bond donors (Lipinski definition) is 3. The lowest BCUT2D eigenvalue weighted by molar-refractivity contribution is 0.0950. The molecule has 2 aromatic carbocycles. The Kier molecular flexibility index (Phi) is 5.84. The Morgan fingerprint density at radius 1 is 1.07 bits per heavy atom.